The highest BCUT2D eigenvalue weighted by molar-refractivity contribution is 6.16. The number of rotatable bonds is 8. The Hall–Kier alpha value is -9.32. The van der Waals surface area contributed by atoms with E-state index in [2.05, 4.69) is 265 Å². The first-order valence-electron chi connectivity index (χ1n) is 24.2. The summed E-state index contributed by atoms with van der Waals surface area (Å²) in [7, 11) is 0. The molecule has 0 aliphatic carbocycles. The summed E-state index contributed by atoms with van der Waals surface area (Å²) < 4.78 is 16.1. The standard InChI is InChI=1S/C66H45N3O2/c1-42-17-12-27-54-56-29-15-31-59(65(56)70-63(42)54)67(48-22-8-4-9-23-48)51-34-33-46-39-58-53-36-35-52(41-62(53)69(61(58)40-47(46)38-51)50-26-14-21-45(37-50)44-19-6-3-7-20-44)68(49-24-10-5-11-25-49)60-32-16-30-57-55-28-13-18-43(2)64(55)71-66(57)60/h3-41H,1-2H3. The van der Waals surface area contributed by atoms with Crippen LogP contribution >= 0.6 is 0 Å². The minimum Gasteiger partial charge on any atom is -0.454 e. The van der Waals surface area contributed by atoms with Crippen molar-refractivity contribution in [3.63, 3.8) is 0 Å². The fourth-order valence-electron chi connectivity index (χ4n) is 11.0. The average Bonchev–Trinajstić information content (AvgIpc) is 4.11. The van der Waals surface area contributed by atoms with E-state index >= 15 is 0 Å². The molecule has 0 saturated carbocycles. The molecule has 3 heterocycles. The Morgan fingerprint density at radius 1 is 0.310 bits per heavy atom. The summed E-state index contributed by atoms with van der Waals surface area (Å²) in [5.74, 6) is 0. The number of hydrogen-bond donors (Lipinski definition) is 0. The number of para-hydroxylation sites is 6. The van der Waals surface area contributed by atoms with Gasteiger partial charge in [-0.2, -0.15) is 0 Å². The van der Waals surface area contributed by atoms with Crippen LogP contribution < -0.4 is 9.80 Å². The number of aromatic nitrogens is 1. The molecular formula is C66H45N3O2. The second kappa shape index (κ2) is 16.2. The van der Waals surface area contributed by atoms with Crippen molar-refractivity contribution in [2.45, 2.75) is 13.8 Å². The predicted molar refractivity (Wildman–Crippen MR) is 297 cm³/mol. The Morgan fingerprint density at radius 3 is 1.41 bits per heavy atom. The van der Waals surface area contributed by atoms with Crippen molar-refractivity contribution in [3.05, 3.63) is 248 Å². The minimum absolute atomic E-state index is 0.857. The molecule has 0 amide bonds. The number of anilines is 6. The van der Waals surface area contributed by atoms with Gasteiger partial charge in [0.05, 0.1) is 22.4 Å². The van der Waals surface area contributed by atoms with Crippen LogP contribution in [-0.4, -0.2) is 4.57 Å². The largest absolute Gasteiger partial charge is 0.454 e. The van der Waals surface area contributed by atoms with Crippen LogP contribution in [0.3, 0.4) is 0 Å². The molecule has 0 atom stereocenters. The summed E-state index contributed by atoms with van der Waals surface area (Å²) in [5.41, 5.74) is 17.5. The first-order valence-corrected chi connectivity index (χ1v) is 24.2. The van der Waals surface area contributed by atoms with E-state index in [1.54, 1.807) is 0 Å². The third-order valence-corrected chi connectivity index (χ3v) is 14.3. The lowest BCUT2D eigenvalue weighted by atomic mass is 10.0. The van der Waals surface area contributed by atoms with Crippen LogP contribution in [0, 0.1) is 13.8 Å². The zero-order valence-corrected chi connectivity index (χ0v) is 39.2. The molecule has 5 heteroatoms. The molecule has 3 aromatic heterocycles. The molecule has 0 saturated heterocycles. The van der Waals surface area contributed by atoms with Gasteiger partial charge >= 0.3 is 0 Å². The molecule has 0 bridgehead atoms. The zero-order chi connectivity index (χ0) is 47.2. The van der Waals surface area contributed by atoms with Crippen LogP contribution in [0.15, 0.2) is 245 Å². The van der Waals surface area contributed by atoms with Gasteiger partial charge in [-0.1, -0.05) is 152 Å². The maximum atomic E-state index is 6.83. The Balaban J connectivity index is 1.01. The summed E-state index contributed by atoms with van der Waals surface area (Å²) in [4.78, 5) is 4.67. The van der Waals surface area contributed by atoms with Crippen molar-refractivity contribution in [3.8, 4) is 16.8 Å². The number of benzene rings is 11. The lowest BCUT2D eigenvalue weighted by molar-refractivity contribution is 0.665. The number of aryl methyl sites for hydroxylation is 2. The van der Waals surface area contributed by atoms with E-state index in [1.165, 1.54) is 16.3 Å². The average molecular weight is 912 g/mol. The highest BCUT2D eigenvalue weighted by atomic mass is 16.3. The Morgan fingerprint density at radius 2 is 0.803 bits per heavy atom. The van der Waals surface area contributed by atoms with E-state index in [4.69, 9.17) is 8.83 Å². The molecule has 71 heavy (non-hydrogen) atoms. The molecule has 5 nitrogen and oxygen atoms in total. The number of nitrogens with zero attached hydrogens (tertiary/aromatic N) is 3. The zero-order valence-electron chi connectivity index (χ0n) is 39.2. The molecule has 336 valence electrons. The van der Waals surface area contributed by atoms with Gasteiger partial charge < -0.3 is 23.2 Å². The quantitative estimate of drug-likeness (QED) is 0.152. The van der Waals surface area contributed by atoms with Gasteiger partial charge in [-0.05, 0) is 132 Å². The van der Waals surface area contributed by atoms with Crippen LogP contribution in [0.4, 0.5) is 34.1 Å². The summed E-state index contributed by atoms with van der Waals surface area (Å²) in [6, 6.07) is 85.1. The second-order valence-electron chi connectivity index (χ2n) is 18.6. The first kappa shape index (κ1) is 40.7. The maximum absolute atomic E-state index is 6.83. The van der Waals surface area contributed by atoms with Gasteiger partial charge in [0.1, 0.15) is 11.2 Å². The van der Waals surface area contributed by atoms with E-state index in [9.17, 15) is 0 Å². The first-order chi connectivity index (χ1) is 35.0. The monoisotopic (exact) mass is 911 g/mol. The van der Waals surface area contributed by atoms with Gasteiger partial charge in [0.25, 0.3) is 0 Å². The van der Waals surface area contributed by atoms with E-state index in [-0.39, 0.29) is 0 Å². The van der Waals surface area contributed by atoms with E-state index in [1.807, 2.05) is 0 Å². The van der Waals surface area contributed by atoms with Gasteiger partial charge in [0, 0.05) is 60.8 Å². The molecule has 14 rings (SSSR count). The molecule has 0 N–H and O–H groups in total. The second-order valence-corrected chi connectivity index (χ2v) is 18.6. The van der Waals surface area contributed by atoms with Gasteiger partial charge in [0.2, 0.25) is 0 Å². The molecule has 0 aliphatic heterocycles. The third-order valence-electron chi connectivity index (χ3n) is 14.3. The molecule has 0 fully saturated rings. The van der Waals surface area contributed by atoms with Crippen molar-refractivity contribution in [1.29, 1.82) is 0 Å². The number of furan rings is 2. The summed E-state index contributed by atoms with van der Waals surface area (Å²) in [5, 5.41) is 9.07. The van der Waals surface area contributed by atoms with Crippen LogP contribution in [0.25, 0.3) is 93.3 Å². The fourth-order valence-corrected chi connectivity index (χ4v) is 11.0. The van der Waals surface area contributed by atoms with Crippen LogP contribution in [-0.2, 0) is 0 Å². The molecule has 0 unspecified atom stereocenters. The van der Waals surface area contributed by atoms with Crippen LogP contribution in [0.2, 0.25) is 0 Å². The number of fused-ring (bicyclic) bond motifs is 10. The highest BCUT2D eigenvalue weighted by Crippen LogP contribution is 2.47. The van der Waals surface area contributed by atoms with Gasteiger partial charge in [-0.3, -0.25) is 0 Å². The van der Waals surface area contributed by atoms with Crippen LogP contribution in [0.5, 0.6) is 0 Å². The predicted octanol–water partition coefficient (Wildman–Crippen LogP) is 19.0. The normalized spacial score (nSPS) is 11.8. The molecule has 11 aromatic carbocycles. The van der Waals surface area contributed by atoms with Crippen molar-refractivity contribution in [2.24, 2.45) is 0 Å². The third kappa shape index (κ3) is 6.54. The van der Waals surface area contributed by atoms with Crippen molar-refractivity contribution in [1.82, 2.24) is 4.57 Å². The molecule has 14 aromatic rings. The van der Waals surface area contributed by atoms with Gasteiger partial charge in [0.15, 0.2) is 11.2 Å². The smallest absolute Gasteiger partial charge is 0.159 e. The lowest BCUT2D eigenvalue weighted by Gasteiger charge is -2.26. The fraction of sp³-hybridized carbons (Fsp3) is 0.0303. The Labute approximate surface area is 410 Å². The number of hydrogen-bond acceptors (Lipinski definition) is 4. The van der Waals surface area contributed by atoms with Gasteiger partial charge in [-0.15, -0.1) is 0 Å². The molecule has 0 aliphatic rings. The maximum Gasteiger partial charge on any atom is 0.159 e. The SMILES string of the molecule is Cc1cccc2c1oc1c(N(c3ccccc3)c3ccc4cc5c6ccc(N(c7ccccc7)c7cccc8c7oc7c(C)cccc78)cc6n(-c6cccc(-c7ccccc7)c6)c5cc4c3)cccc12. The lowest BCUT2D eigenvalue weighted by Crippen LogP contribution is -2.10. The van der Waals surface area contributed by atoms with Crippen molar-refractivity contribution >= 4 is 111 Å². The van der Waals surface area contributed by atoms with E-state index in [0.29, 0.717) is 0 Å². The van der Waals surface area contributed by atoms with E-state index in [0.717, 1.165) is 122 Å². The summed E-state index contributed by atoms with van der Waals surface area (Å²) in [6.07, 6.45) is 0. The molecule has 0 radical (unpaired) electrons. The van der Waals surface area contributed by atoms with Gasteiger partial charge in [-0.25, -0.2) is 0 Å². The molecule has 0 spiro atoms. The van der Waals surface area contributed by atoms with E-state index < -0.39 is 0 Å². The minimum atomic E-state index is 0.857. The topological polar surface area (TPSA) is 37.7 Å². The summed E-state index contributed by atoms with van der Waals surface area (Å²) >= 11 is 0. The highest BCUT2D eigenvalue weighted by Gasteiger charge is 2.24. The molecular weight excluding hydrogens is 867 g/mol. The van der Waals surface area contributed by atoms with Crippen LogP contribution in [0.1, 0.15) is 11.1 Å². The summed E-state index contributed by atoms with van der Waals surface area (Å²) in [6.45, 7) is 4.23. The van der Waals surface area contributed by atoms with Crippen molar-refractivity contribution < 1.29 is 8.83 Å². The Bertz CT molecular complexity index is 4380. The van der Waals surface area contributed by atoms with Crippen molar-refractivity contribution in [2.75, 3.05) is 9.80 Å². The Kier molecular flexibility index (Phi) is 9.26.